The van der Waals surface area contributed by atoms with Gasteiger partial charge in [0.2, 0.25) is 0 Å². The van der Waals surface area contributed by atoms with Crippen molar-refractivity contribution in [3.8, 4) is 0 Å². The summed E-state index contributed by atoms with van der Waals surface area (Å²) in [5, 5.41) is 0. The van der Waals surface area contributed by atoms with Gasteiger partial charge in [-0.25, -0.2) is 18.4 Å². The van der Waals surface area contributed by atoms with Crippen LogP contribution in [0.2, 0.25) is 0 Å². The van der Waals surface area contributed by atoms with Crippen LogP contribution in [0.15, 0.2) is 24.3 Å². The smallest absolute Gasteiger partial charge is 0.341 e. The Morgan fingerprint density at radius 3 is 1.30 bits per heavy atom. The quantitative estimate of drug-likeness (QED) is 0.213. The van der Waals surface area contributed by atoms with Crippen molar-refractivity contribution in [1.82, 2.24) is 0 Å². The van der Waals surface area contributed by atoms with Gasteiger partial charge in [-0.2, -0.15) is 0 Å². The number of aryl methyl sites for hydroxylation is 2. The molecule has 2 saturated carbocycles. The van der Waals surface area contributed by atoms with Crippen molar-refractivity contribution in [1.29, 1.82) is 0 Å². The second kappa shape index (κ2) is 16.5. The third-order valence-electron chi connectivity index (χ3n) is 9.60. The largest absolute Gasteiger partial charge is 0.460 e. The molecule has 0 aromatic heterocycles. The highest BCUT2D eigenvalue weighted by Crippen LogP contribution is 2.32. The van der Waals surface area contributed by atoms with Crippen LogP contribution in [0.5, 0.6) is 0 Å². The number of esters is 2. The molecule has 0 unspecified atom stereocenters. The highest BCUT2D eigenvalue weighted by atomic mass is 19.1. The summed E-state index contributed by atoms with van der Waals surface area (Å²) in [6.45, 7) is 7.28. The summed E-state index contributed by atoms with van der Waals surface area (Å²) in [5.41, 5.74) is 2.72. The first kappa shape index (κ1) is 32.5. The molecule has 4 atom stereocenters. The lowest BCUT2D eigenvalue weighted by molar-refractivity contribution is -0.160. The molecule has 40 heavy (non-hydrogen) atoms. The molecule has 2 fully saturated rings. The SMILES string of the molecule is CC[C@H](C)[C@H](F)C(=O)OC1CCC(CCc2ccc(CCC3CCC(OC(=O)[C@@H](F)[C@@H](C)CC)CC3)cc2)CC1. The summed E-state index contributed by atoms with van der Waals surface area (Å²) in [5.74, 6) is -0.684. The van der Waals surface area contributed by atoms with Gasteiger partial charge in [0.15, 0.2) is 12.3 Å². The fourth-order valence-corrected chi connectivity index (χ4v) is 6.03. The van der Waals surface area contributed by atoms with Crippen molar-refractivity contribution >= 4 is 11.9 Å². The fourth-order valence-electron chi connectivity index (χ4n) is 6.03. The van der Waals surface area contributed by atoms with Crippen LogP contribution in [0.25, 0.3) is 0 Å². The van der Waals surface area contributed by atoms with Crippen molar-refractivity contribution in [2.45, 2.75) is 142 Å². The van der Waals surface area contributed by atoms with Gasteiger partial charge in [-0.3, -0.25) is 0 Å². The van der Waals surface area contributed by atoms with E-state index in [4.69, 9.17) is 9.47 Å². The van der Waals surface area contributed by atoms with Crippen molar-refractivity contribution in [2.75, 3.05) is 0 Å². The first-order valence-corrected chi connectivity index (χ1v) is 16.0. The molecule has 0 radical (unpaired) electrons. The number of rotatable bonds is 14. The zero-order chi connectivity index (χ0) is 29.1. The maximum absolute atomic E-state index is 14.1. The lowest BCUT2D eigenvalue weighted by Gasteiger charge is -2.29. The molecule has 3 rings (SSSR count). The van der Waals surface area contributed by atoms with Gasteiger partial charge >= 0.3 is 11.9 Å². The molecule has 1 aromatic carbocycles. The number of carbonyl (C=O) groups excluding carboxylic acids is 2. The lowest BCUT2D eigenvalue weighted by atomic mass is 9.83. The Labute approximate surface area is 241 Å². The van der Waals surface area contributed by atoms with Crippen LogP contribution in [-0.2, 0) is 31.9 Å². The summed E-state index contributed by atoms with van der Waals surface area (Å²) < 4.78 is 39.1. The molecule has 2 aliphatic carbocycles. The number of hydrogen-bond acceptors (Lipinski definition) is 4. The van der Waals surface area contributed by atoms with E-state index in [2.05, 4.69) is 24.3 Å². The molecule has 0 bridgehead atoms. The van der Waals surface area contributed by atoms with E-state index < -0.39 is 24.3 Å². The van der Waals surface area contributed by atoms with Crippen LogP contribution in [0.1, 0.15) is 116 Å². The molecule has 1 aromatic rings. The molecule has 226 valence electrons. The van der Waals surface area contributed by atoms with Gasteiger partial charge in [-0.05, 0) is 112 Å². The minimum atomic E-state index is -1.51. The zero-order valence-corrected chi connectivity index (χ0v) is 25.2. The average molecular weight is 563 g/mol. The van der Waals surface area contributed by atoms with Crippen molar-refractivity contribution < 1.29 is 27.8 Å². The maximum atomic E-state index is 14.1. The van der Waals surface area contributed by atoms with Crippen LogP contribution in [0, 0.1) is 23.7 Å². The lowest BCUT2D eigenvalue weighted by Crippen LogP contribution is -2.31. The first-order chi connectivity index (χ1) is 19.2. The Bertz CT molecular complexity index is 815. The van der Waals surface area contributed by atoms with Crippen LogP contribution >= 0.6 is 0 Å². The molecular weight excluding hydrogens is 510 g/mol. The van der Waals surface area contributed by atoms with Crippen LogP contribution in [0.3, 0.4) is 0 Å². The first-order valence-electron chi connectivity index (χ1n) is 16.0. The zero-order valence-electron chi connectivity index (χ0n) is 25.2. The Balaban J connectivity index is 1.29. The average Bonchev–Trinajstić information content (AvgIpc) is 2.99. The normalized spacial score (nSPS) is 26.4. The standard InChI is InChI=1S/C34H52F2O4/c1-5-23(3)31(35)33(37)39-29-19-15-27(16-20-29)13-11-25-7-9-26(10-8-25)12-14-28-17-21-30(22-18-28)40-34(38)32(36)24(4)6-2/h7-10,23-24,27-32H,5-6,11-22H2,1-4H3/t23-,24-,27?,28?,29?,30?,31-,32-/m0/s1. The van der Waals surface area contributed by atoms with Gasteiger partial charge in [0, 0.05) is 0 Å². The molecule has 0 aliphatic heterocycles. The van der Waals surface area contributed by atoms with Crippen LogP contribution < -0.4 is 0 Å². The van der Waals surface area contributed by atoms with Gasteiger partial charge < -0.3 is 9.47 Å². The number of carbonyl (C=O) groups is 2. The topological polar surface area (TPSA) is 52.6 Å². The predicted molar refractivity (Wildman–Crippen MR) is 155 cm³/mol. The van der Waals surface area contributed by atoms with E-state index in [1.165, 1.54) is 11.1 Å². The highest BCUT2D eigenvalue weighted by Gasteiger charge is 2.31. The summed E-state index contributed by atoms with van der Waals surface area (Å²) in [7, 11) is 0. The van der Waals surface area contributed by atoms with Gasteiger partial charge in [0.25, 0.3) is 0 Å². The summed E-state index contributed by atoms with van der Waals surface area (Å²) in [4.78, 5) is 24.1. The molecule has 0 N–H and O–H groups in total. The molecule has 2 aliphatic rings. The van der Waals surface area contributed by atoms with E-state index in [0.717, 1.165) is 77.0 Å². The molecule has 0 heterocycles. The predicted octanol–water partition coefficient (Wildman–Crippen LogP) is 8.52. The highest BCUT2D eigenvalue weighted by molar-refractivity contribution is 5.75. The Kier molecular flexibility index (Phi) is 13.4. The summed E-state index contributed by atoms with van der Waals surface area (Å²) >= 11 is 0. The third-order valence-corrected chi connectivity index (χ3v) is 9.60. The van der Waals surface area contributed by atoms with Gasteiger partial charge in [0.05, 0.1) is 0 Å². The fraction of sp³-hybridized carbons (Fsp3) is 0.765. The van der Waals surface area contributed by atoms with Crippen LogP contribution in [-0.4, -0.2) is 36.5 Å². The number of alkyl halides is 2. The second-order valence-electron chi connectivity index (χ2n) is 12.6. The summed E-state index contributed by atoms with van der Waals surface area (Å²) in [6, 6.07) is 9.00. The van der Waals surface area contributed by atoms with E-state index in [9.17, 15) is 18.4 Å². The van der Waals surface area contributed by atoms with E-state index in [1.54, 1.807) is 13.8 Å². The summed E-state index contributed by atoms with van der Waals surface area (Å²) in [6.07, 6.45) is 9.81. The minimum absolute atomic E-state index is 0.132. The van der Waals surface area contributed by atoms with Crippen LogP contribution in [0.4, 0.5) is 8.78 Å². The van der Waals surface area contributed by atoms with E-state index in [0.29, 0.717) is 24.7 Å². The van der Waals surface area contributed by atoms with E-state index in [1.807, 2.05) is 13.8 Å². The molecule has 0 spiro atoms. The maximum Gasteiger partial charge on any atom is 0.341 e. The van der Waals surface area contributed by atoms with E-state index in [-0.39, 0.29) is 24.0 Å². The van der Waals surface area contributed by atoms with E-state index >= 15 is 0 Å². The Morgan fingerprint density at radius 1 is 0.675 bits per heavy atom. The third kappa shape index (κ3) is 10.1. The molecular formula is C34H52F2O4. The number of halogens is 2. The Hall–Kier alpha value is -1.98. The molecule has 4 nitrogen and oxygen atoms in total. The monoisotopic (exact) mass is 562 g/mol. The minimum Gasteiger partial charge on any atom is -0.460 e. The second-order valence-corrected chi connectivity index (χ2v) is 12.6. The Morgan fingerprint density at radius 2 is 1.00 bits per heavy atom. The number of benzene rings is 1. The van der Waals surface area contributed by atoms with Gasteiger partial charge in [-0.15, -0.1) is 0 Å². The van der Waals surface area contributed by atoms with Crippen molar-refractivity contribution in [3.63, 3.8) is 0 Å². The van der Waals surface area contributed by atoms with Gasteiger partial charge in [0.1, 0.15) is 12.2 Å². The van der Waals surface area contributed by atoms with Gasteiger partial charge in [-0.1, -0.05) is 64.8 Å². The number of hydrogen-bond donors (Lipinski definition) is 0. The number of ether oxygens (including phenoxy) is 2. The van der Waals surface area contributed by atoms with Crippen molar-refractivity contribution in [2.24, 2.45) is 23.7 Å². The molecule has 6 heteroatoms. The molecule has 0 amide bonds. The van der Waals surface area contributed by atoms with Crippen molar-refractivity contribution in [3.05, 3.63) is 35.4 Å². The molecule has 0 saturated heterocycles.